The highest BCUT2D eigenvalue weighted by atomic mass is 19.1. The van der Waals surface area contributed by atoms with E-state index in [1.807, 2.05) is 18.2 Å². The zero-order chi connectivity index (χ0) is 22.5. The van der Waals surface area contributed by atoms with Crippen molar-refractivity contribution in [2.24, 2.45) is 0 Å². The fourth-order valence-electron chi connectivity index (χ4n) is 4.98. The standard InChI is InChI=1S/C26H34FN3O2/c1-17(21-13-22(27)16-25(15-21)32-2)29-24-8-7-20(14-24)18-3-5-19(6-4-18)26(31)30-23-9-11-28-12-10-23/h3-6,13,15-17,20,23-24,28-29H,7-12,14H2,1-2H3,(H,30,31). The van der Waals surface area contributed by atoms with Crippen molar-refractivity contribution in [1.82, 2.24) is 16.0 Å². The zero-order valence-corrected chi connectivity index (χ0v) is 19.0. The summed E-state index contributed by atoms with van der Waals surface area (Å²) >= 11 is 0. The molecule has 1 amide bonds. The van der Waals surface area contributed by atoms with Gasteiger partial charge in [0.1, 0.15) is 11.6 Å². The Balaban J connectivity index is 1.31. The van der Waals surface area contributed by atoms with Gasteiger partial charge in [0.15, 0.2) is 0 Å². The van der Waals surface area contributed by atoms with Crippen LogP contribution in [0, 0.1) is 5.82 Å². The van der Waals surface area contributed by atoms with Crippen LogP contribution in [-0.4, -0.2) is 38.2 Å². The summed E-state index contributed by atoms with van der Waals surface area (Å²) in [7, 11) is 1.56. The fraction of sp³-hybridized carbons (Fsp3) is 0.500. The predicted octanol–water partition coefficient (Wildman–Crippen LogP) is 4.30. The number of amides is 1. The van der Waals surface area contributed by atoms with Gasteiger partial charge >= 0.3 is 0 Å². The van der Waals surface area contributed by atoms with E-state index >= 15 is 0 Å². The molecule has 1 aliphatic carbocycles. The minimum absolute atomic E-state index is 0.0220. The van der Waals surface area contributed by atoms with E-state index in [9.17, 15) is 9.18 Å². The molecule has 0 spiro atoms. The van der Waals surface area contributed by atoms with Crippen LogP contribution >= 0.6 is 0 Å². The minimum atomic E-state index is -0.276. The van der Waals surface area contributed by atoms with Crippen LogP contribution in [-0.2, 0) is 0 Å². The van der Waals surface area contributed by atoms with Crippen molar-refractivity contribution >= 4 is 5.91 Å². The molecular formula is C26H34FN3O2. The van der Waals surface area contributed by atoms with Gasteiger partial charge in [0.25, 0.3) is 5.91 Å². The number of carbonyl (C=O) groups excluding carboxylic acids is 1. The molecule has 1 saturated carbocycles. The number of rotatable bonds is 7. The zero-order valence-electron chi connectivity index (χ0n) is 19.0. The number of halogens is 1. The van der Waals surface area contributed by atoms with E-state index in [0.29, 0.717) is 17.7 Å². The Kier molecular flexibility index (Phi) is 7.43. The van der Waals surface area contributed by atoms with Crippen LogP contribution < -0.4 is 20.7 Å². The Bertz CT molecular complexity index is 912. The predicted molar refractivity (Wildman–Crippen MR) is 125 cm³/mol. The maximum absolute atomic E-state index is 13.9. The van der Waals surface area contributed by atoms with Crippen LogP contribution in [0.3, 0.4) is 0 Å². The molecular weight excluding hydrogens is 405 g/mol. The summed E-state index contributed by atoms with van der Waals surface area (Å²) in [6.07, 6.45) is 5.20. The summed E-state index contributed by atoms with van der Waals surface area (Å²) in [5.41, 5.74) is 2.91. The third-order valence-electron chi connectivity index (χ3n) is 6.87. The third-order valence-corrected chi connectivity index (χ3v) is 6.87. The Morgan fingerprint density at radius 1 is 1.06 bits per heavy atom. The number of carbonyl (C=O) groups is 1. The van der Waals surface area contributed by atoms with Gasteiger partial charge in [0.05, 0.1) is 7.11 Å². The van der Waals surface area contributed by atoms with Crippen molar-refractivity contribution in [3.63, 3.8) is 0 Å². The average molecular weight is 440 g/mol. The Labute approximate surface area is 190 Å². The van der Waals surface area contributed by atoms with Gasteiger partial charge in [-0.3, -0.25) is 4.79 Å². The van der Waals surface area contributed by atoms with Crippen molar-refractivity contribution < 1.29 is 13.9 Å². The molecule has 1 saturated heterocycles. The molecule has 0 bridgehead atoms. The maximum Gasteiger partial charge on any atom is 0.251 e. The second-order valence-electron chi connectivity index (χ2n) is 9.14. The third kappa shape index (κ3) is 5.67. The Morgan fingerprint density at radius 2 is 1.81 bits per heavy atom. The van der Waals surface area contributed by atoms with Gasteiger partial charge in [0.2, 0.25) is 0 Å². The molecule has 0 aromatic heterocycles. The van der Waals surface area contributed by atoms with Crippen LogP contribution in [0.2, 0.25) is 0 Å². The second-order valence-corrected chi connectivity index (χ2v) is 9.14. The highest BCUT2D eigenvalue weighted by Gasteiger charge is 2.27. The molecule has 6 heteroatoms. The molecule has 2 aliphatic rings. The van der Waals surface area contributed by atoms with Gasteiger partial charge in [-0.25, -0.2) is 4.39 Å². The van der Waals surface area contributed by atoms with Crippen LogP contribution in [0.4, 0.5) is 4.39 Å². The Hall–Kier alpha value is -2.44. The van der Waals surface area contributed by atoms with Gasteiger partial charge in [-0.15, -0.1) is 0 Å². The highest BCUT2D eigenvalue weighted by molar-refractivity contribution is 5.94. The molecule has 2 fully saturated rings. The molecule has 2 aromatic carbocycles. The largest absolute Gasteiger partial charge is 0.497 e. The van der Waals surface area contributed by atoms with E-state index in [0.717, 1.165) is 56.3 Å². The van der Waals surface area contributed by atoms with Crippen molar-refractivity contribution in [3.05, 3.63) is 65.0 Å². The number of ether oxygens (including phenoxy) is 1. The lowest BCUT2D eigenvalue weighted by molar-refractivity contribution is 0.0929. The lowest BCUT2D eigenvalue weighted by Gasteiger charge is -2.23. The summed E-state index contributed by atoms with van der Waals surface area (Å²) in [4.78, 5) is 12.5. The van der Waals surface area contributed by atoms with Crippen molar-refractivity contribution in [3.8, 4) is 5.75 Å². The number of hydrogen-bond acceptors (Lipinski definition) is 4. The molecule has 3 atom stereocenters. The van der Waals surface area contributed by atoms with Crippen molar-refractivity contribution in [2.45, 2.75) is 63.1 Å². The minimum Gasteiger partial charge on any atom is -0.497 e. The van der Waals surface area contributed by atoms with Crippen molar-refractivity contribution in [2.75, 3.05) is 20.2 Å². The number of piperidine rings is 1. The van der Waals surface area contributed by atoms with Crippen LogP contribution in [0.15, 0.2) is 42.5 Å². The van der Waals surface area contributed by atoms with Crippen LogP contribution in [0.25, 0.3) is 0 Å². The van der Waals surface area contributed by atoms with E-state index in [1.165, 1.54) is 11.6 Å². The molecule has 32 heavy (non-hydrogen) atoms. The quantitative estimate of drug-likeness (QED) is 0.602. The molecule has 4 rings (SSSR count). The van der Waals surface area contributed by atoms with E-state index in [2.05, 4.69) is 35.0 Å². The molecule has 172 valence electrons. The van der Waals surface area contributed by atoms with Gasteiger partial charge in [-0.2, -0.15) is 0 Å². The molecule has 1 aliphatic heterocycles. The second kappa shape index (κ2) is 10.5. The topological polar surface area (TPSA) is 62.4 Å². The summed E-state index contributed by atoms with van der Waals surface area (Å²) in [6, 6.07) is 13.7. The molecule has 2 aromatic rings. The lowest BCUT2D eigenvalue weighted by Crippen LogP contribution is -2.42. The molecule has 3 N–H and O–H groups in total. The molecule has 5 nitrogen and oxygen atoms in total. The van der Waals surface area contributed by atoms with E-state index < -0.39 is 0 Å². The van der Waals surface area contributed by atoms with Crippen molar-refractivity contribution in [1.29, 1.82) is 0 Å². The van der Waals surface area contributed by atoms with E-state index in [-0.39, 0.29) is 23.8 Å². The van der Waals surface area contributed by atoms with Crippen LogP contribution in [0.1, 0.15) is 72.5 Å². The molecule has 1 heterocycles. The summed E-state index contributed by atoms with van der Waals surface area (Å²) in [6.45, 7) is 4.00. The lowest BCUT2D eigenvalue weighted by atomic mass is 9.96. The Morgan fingerprint density at radius 3 is 2.53 bits per heavy atom. The number of nitrogens with one attached hydrogen (secondary N) is 3. The first-order valence-corrected chi connectivity index (χ1v) is 11.7. The number of benzene rings is 2. The SMILES string of the molecule is COc1cc(F)cc(C(C)NC2CCC(c3ccc(C(=O)NC4CCNCC4)cc3)C2)c1. The van der Waals surface area contributed by atoms with E-state index in [1.54, 1.807) is 13.2 Å². The summed E-state index contributed by atoms with van der Waals surface area (Å²) in [5, 5.41) is 10.1. The average Bonchev–Trinajstić information content (AvgIpc) is 3.27. The van der Waals surface area contributed by atoms with Gasteiger partial charge < -0.3 is 20.7 Å². The molecule has 0 radical (unpaired) electrons. The first-order chi connectivity index (χ1) is 15.5. The summed E-state index contributed by atoms with van der Waals surface area (Å²) in [5.74, 6) is 0.765. The maximum atomic E-state index is 13.9. The highest BCUT2D eigenvalue weighted by Crippen LogP contribution is 2.36. The monoisotopic (exact) mass is 439 g/mol. The number of hydrogen-bond donors (Lipinski definition) is 3. The van der Waals surface area contributed by atoms with Gasteiger partial charge in [-0.1, -0.05) is 12.1 Å². The van der Waals surface area contributed by atoms with Crippen LogP contribution in [0.5, 0.6) is 5.75 Å². The summed E-state index contributed by atoms with van der Waals surface area (Å²) < 4.78 is 19.1. The molecule has 3 unspecified atom stereocenters. The smallest absolute Gasteiger partial charge is 0.251 e. The van der Waals surface area contributed by atoms with Gasteiger partial charge in [0, 0.05) is 29.8 Å². The number of methoxy groups -OCH3 is 1. The normalized spacial score (nSPS) is 22.5. The first-order valence-electron chi connectivity index (χ1n) is 11.7. The van der Waals surface area contributed by atoms with E-state index in [4.69, 9.17) is 4.74 Å². The van der Waals surface area contributed by atoms with Gasteiger partial charge in [-0.05, 0) is 93.4 Å². The fourth-order valence-corrected chi connectivity index (χ4v) is 4.98. The first kappa shape index (κ1) is 22.7.